The summed E-state index contributed by atoms with van der Waals surface area (Å²) < 4.78 is 0. The van der Waals surface area contributed by atoms with Gasteiger partial charge in [0.2, 0.25) is 5.91 Å². The van der Waals surface area contributed by atoms with Crippen molar-refractivity contribution in [1.29, 1.82) is 0 Å². The van der Waals surface area contributed by atoms with Gasteiger partial charge in [0.1, 0.15) is 5.70 Å². The molecule has 0 aliphatic carbocycles. The Kier molecular flexibility index (Phi) is 7.54. The van der Waals surface area contributed by atoms with Crippen molar-refractivity contribution >= 4 is 35.1 Å². The molecule has 3 aromatic rings. The summed E-state index contributed by atoms with van der Waals surface area (Å²) in [5, 5.41) is 7.57. The Labute approximate surface area is 203 Å². The largest absolute Gasteiger partial charge is 0.347 e. The van der Waals surface area contributed by atoms with Crippen LogP contribution in [-0.4, -0.2) is 29.2 Å². The molecule has 2 N–H and O–H groups in total. The predicted molar refractivity (Wildman–Crippen MR) is 134 cm³/mol. The Hall–Kier alpha value is -3.71. The van der Waals surface area contributed by atoms with Gasteiger partial charge < -0.3 is 15.5 Å². The van der Waals surface area contributed by atoms with Crippen molar-refractivity contribution in [2.24, 2.45) is 0 Å². The highest BCUT2D eigenvalue weighted by Crippen LogP contribution is 2.16. The summed E-state index contributed by atoms with van der Waals surface area (Å²) in [4.78, 5) is 40.3. The van der Waals surface area contributed by atoms with Crippen molar-refractivity contribution in [3.05, 3.63) is 98.9 Å². The molecular formula is C27H27N3O3S. The van der Waals surface area contributed by atoms with Gasteiger partial charge in [-0.25, -0.2) is 0 Å². The van der Waals surface area contributed by atoms with Crippen LogP contribution in [0, 0.1) is 6.92 Å². The standard InChI is InChI=1S/C27H27N3O3S/c1-19-6-12-22(13-7-19)26(32)29-24(16-23-4-3-15-34-23)27(33)28-17-20-8-10-21(11-9-20)18-30-14-2-5-25(30)31/h3-4,6-13,15-16H,2,5,14,17-18H2,1H3,(H,28,33)(H,29,32)/b24-16-. The van der Waals surface area contributed by atoms with Crippen LogP contribution in [0.4, 0.5) is 0 Å². The van der Waals surface area contributed by atoms with E-state index in [4.69, 9.17) is 0 Å². The molecule has 1 saturated heterocycles. The van der Waals surface area contributed by atoms with E-state index in [2.05, 4.69) is 10.6 Å². The zero-order valence-electron chi connectivity index (χ0n) is 19.0. The molecule has 3 amide bonds. The molecule has 2 heterocycles. The fourth-order valence-corrected chi connectivity index (χ4v) is 4.36. The third-order valence-corrected chi connectivity index (χ3v) is 6.48. The van der Waals surface area contributed by atoms with E-state index in [1.807, 2.05) is 65.7 Å². The first-order valence-corrected chi connectivity index (χ1v) is 12.1. The summed E-state index contributed by atoms with van der Waals surface area (Å²) in [5.74, 6) is -0.492. The first-order chi connectivity index (χ1) is 16.5. The number of thiophene rings is 1. The third-order valence-electron chi connectivity index (χ3n) is 5.66. The Bertz CT molecular complexity index is 1180. The van der Waals surface area contributed by atoms with Crippen LogP contribution in [0.1, 0.15) is 44.8 Å². The third kappa shape index (κ3) is 6.20. The van der Waals surface area contributed by atoms with Crippen molar-refractivity contribution in [1.82, 2.24) is 15.5 Å². The normalized spacial score (nSPS) is 13.7. The Balaban J connectivity index is 1.40. The number of nitrogens with zero attached hydrogens (tertiary/aromatic N) is 1. The highest BCUT2D eigenvalue weighted by molar-refractivity contribution is 7.10. The quantitative estimate of drug-likeness (QED) is 0.480. The number of carbonyl (C=O) groups excluding carboxylic acids is 3. The van der Waals surface area contributed by atoms with Crippen molar-refractivity contribution in [2.45, 2.75) is 32.9 Å². The number of amides is 3. The SMILES string of the molecule is Cc1ccc(C(=O)N/C(=C\c2cccs2)C(=O)NCc2ccc(CN3CCCC3=O)cc2)cc1. The van der Waals surface area contributed by atoms with E-state index < -0.39 is 0 Å². The van der Waals surface area contributed by atoms with E-state index in [-0.39, 0.29) is 23.4 Å². The highest BCUT2D eigenvalue weighted by Gasteiger charge is 2.20. The predicted octanol–water partition coefficient (Wildman–Crippen LogP) is 4.27. The number of rotatable bonds is 8. The lowest BCUT2D eigenvalue weighted by Crippen LogP contribution is -2.34. The molecule has 0 spiro atoms. The molecule has 1 aliphatic heterocycles. The molecule has 1 aromatic heterocycles. The fourth-order valence-electron chi connectivity index (χ4n) is 3.71. The second kappa shape index (κ2) is 10.9. The second-order valence-corrected chi connectivity index (χ2v) is 9.29. The van der Waals surface area contributed by atoms with Crippen LogP contribution in [-0.2, 0) is 22.7 Å². The van der Waals surface area contributed by atoms with Crippen LogP contribution in [0.25, 0.3) is 6.08 Å². The van der Waals surface area contributed by atoms with Gasteiger partial charge in [0, 0.05) is 36.5 Å². The van der Waals surface area contributed by atoms with Gasteiger partial charge >= 0.3 is 0 Å². The number of likely N-dealkylation sites (tertiary alicyclic amines) is 1. The smallest absolute Gasteiger partial charge is 0.268 e. The molecule has 174 valence electrons. The van der Waals surface area contributed by atoms with Crippen LogP contribution >= 0.6 is 11.3 Å². The highest BCUT2D eigenvalue weighted by atomic mass is 32.1. The molecule has 1 fully saturated rings. The van der Waals surface area contributed by atoms with Gasteiger partial charge in [-0.15, -0.1) is 11.3 Å². The van der Waals surface area contributed by atoms with Gasteiger partial charge in [-0.2, -0.15) is 0 Å². The minimum absolute atomic E-state index is 0.192. The maximum absolute atomic E-state index is 13.0. The van der Waals surface area contributed by atoms with Gasteiger partial charge in [0.15, 0.2) is 0 Å². The molecule has 0 atom stereocenters. The summed E-state index contributed by atoms with van der Waals surface area (Å²) in [7, 11) is 0. The minimum Gasteiger partial charge on any atom is -0.347 e. The topological polar surface area (TPSA) is 78.5 Å². The van der Waals surface area contributed by atoms with E-state index in [1.54, 1.807) is 18.2 Å². The molecule has 4 rings (SSSR count). The molecule has 0 saturated carbocycles. The van der Waals surface area contributed by atoms with Crippen molar-refractivity contribution in [2.75, 3.05) is 6.54 Å². The average Bonchev–Trinajstić information content (AvgIpc) is 3.50. The monoisotopic (exact) mass is 473 g/mol. The van der Waals surface area contributed by atoms with E-state index in [0.29, 0.717) is 25.1 Å². The molecular weight excluding hydrogens is 446 g/mol. The van der Waals surface area contributed by atoms with Crippen LogP contribution in [0.5, 0.6) is 0 Å². The molecule has 1 aliphatic rings. The van der Waals surface area contributed by atoms with Crippen molar-refractivity contribution in [3.8, 4) is 0 Å². The average molecular weight is 474 g/mol. The lowest BCUT2D eigenvalue weighted by atomic mass is 10.1. The summed E-state index contributed by atoms with van der Waals surface area (Å²) in [6.07, 6.45) is 3.23. The van der Waals surface area contributed by atoms with Crippen molar-refractivity contribution in [3.63, 3.8) is 0 Å². The number of aryl methyl sites for hydroxylation is 1. The van der Waals surface area contributed by atoms with E-state index >= 15 is 0 Å². The first-order valence-electron chi connectivity index (χ1n) is 11.2. The minimum atomic E-state index is -0.361. The summed E-state index contributed by atoms with van der Waals surface area (Å²) in [6.45, 7) is 3.70. The number of hydrogen-bond donors (Lipinski definition) is 2. The Morgan fingerprint density at radius 1 is 1.03 bits per heavy atom. The summed E-state index contributed by atoms with van der Waals surface area (Å²) in [6, 6.07) is 18.8. The van der Waals surface area contributed by atoms with E-state index in [9.17, 15) is 14.4 Å². The molecule has 7 heteroatoms. The maximum Gasteiger partial charge on any atom is 0.268 e. The molecule has 2 aromatic carbocycles. The van der Waals surface area contributed by atoms with Crippen LogP contribution in [0.3, 0.4) is 0 Å². The Morgan fingerprint density at radius 2 is 1.76 bits per heavy atom. The second-order valence-electron chi connectivity index (χ2n) is 8.31. The zero-order valence-corrected chi connectivity index (χ0v) is 19.9. The summed E-state index contributed by atoms with van der Waals surface area (Å²) in [5.41, 5.74) is 3.74. The molecule has 0 unspecified atom stereocenters. The van der Waals surface area contributed by atoms with Gasteiger partial charge in [0.05, 0.1) is 0 Å². The van der Waals surface area contributed by atoms with Gasteiger partial charge in [-0.1, -0.05) is 48.0 Å². The fraction of sp³-hybridized carbons (Fsp3) is 0.222. The van der Waals surface area contributed by atoms with Crippen LogP contribution in [0.2, 0.25) is 0 Å². The maximum atomic E-state index is 13.0. The molecule has 0 radical (unpaired) electrons. The van der Waals surface area contributed by atoms with E-state index in [0.717, 1.165) is 34.5 Å². The number of carbonyl (C=O) groups is 3. The number of benzene rings is 2. The number of nitrogens with one attached hydrogen (secondary N) is 2. The van der Waals surface area contributed by atoms with Crippen LogP contribution in [0.15, 0.2) is 71.7 Å². The molecule has 6 nitrogen and oxygen atoms in total. The van der Waals surface area contributed by atoms with Gasteiger partial charge in [-0.3, -0.25) is 14.4 Å². The van der Waals surface area contributed by atoms with Crippen LogP contribution < -0.4 is 10.6 Å². The molecule has 34 heavy (non-hydrogen) atoms. The van der Waals surface area contributed by atoms with Crippen molar-refractivity contribution < 1.29 is 14.4 Å². The Morgan fingerprint density at radius 3 is 2.41 bits per heavy atom. The van der Waals surface area contributed by atoms with E-state index in [1.165, 1.54) is 11.3 Å². The lowest BCUT2D eigenvalue weighted by Gasteiger charge is -2.16. The van der Waals surface area contributed by atoms with Gasteiger partial charge in [0.25, 0.3) is 11.8 Å². The van der Waals surface area contributed by atoms with Gasteiger partial charge in [-0.05, 0) is 54.1 Å². The molecule has 0 bridgehead atoms. The lowest BCUT2D eigenvalue weighted by molar-refractivity contribution is -0.128. The summed E-state index contributed by atoms with van der Waals surface area (Å²) >= 11 is 1.49. The first kappa shape index (κ1) is 23.4. The number of hydrogen-bond acceptors (Lipinski definition) is 4. The zero-order chi connectivity index (χ0) is 23.9.